The molecule has 1 amide bonds. The van der Waals surface area contributed by atoms with Crippen LogP contribution in [-0.2, 0) is 9.53 Å². The molecule has 102 valence electrons. The Kier molecular flexibility index (Phi) is 4.00. The van der Waals surface area contributed by atoms with Gasteiger partial charge < -0.3 is 9.64 Å². The molecule has 4 heteroatoms. The van der Waals surface area contributed by atoms with Crippen LogP contribution in [0.25, 0.3) is 0 Å². The minimum absolute atomic E-state index is 0.409. The van der Waals surface area contributed by atoms with E-state index in [0.29, 0.717) is 25.3 Å². The fraction of sp³-hybridized carbons (Fsp3) is 0.467. The summed E-state index contributed by atoms with van der Waals surface area (Å²) in [6, 6.07) is 3.63. The number of benzene rings is 1. The molecule has 1 aliphatic heterocycles. The standard InChI is InChI=1S/C15H19NO3/c1-4-8-19-9-7-16-13-11(3)10(2)5-6-12(13)14(17)15(16)18/h5-6H,4,7-9H2,1-3H3. The average molecular weight is 261 g/mol. The highest BCUT2D eigenvalue weighted by Gasteiger charge is 2.36. The lowest BCUT2D eigenvalue weighted by atomic mass is 10.0. The van der Waals surface area contributed by atoms with Gasteiger partial charge in [-0.2, -0.15) is 0 Å². The van der Waals surface area contributed by atoms with E-state index >= 15 is 0 Å². The van der Waals surface area contributed by atoms with E-state index in [2.05, 4.69) is 0 Å². The summed E-state index contributed by atoms with van der Waals surface area (Å²) in [6.07, 6.45) is 0.946. The number of carbonyl (C=O) groups is 2. The number of carbonyl (C=O) groups excluding carboxylic acids is 2. The normalized spacial score (nSPS) is 14.2. The highest BCUT2D eigenvalue weighted by Crippen LogP contribution is 2.33. The van der Waals surface area contributed by atoms with Crippen LogP contribution >= 0.6 is 0 Å². The second-order valence-electron chi connectivity index (χ2n) is 4.80. The summed E-state index contributed by atoms with van der Waals surface area (Å²) in [5.74, 6) is -0.850. The van der Waals surface area contributed by atoms with Gasteiger partial charge in [0.1, 0.15) is 0 Å². The zero-order chi connectivity index (χ0) is 14.0. The van der Waals surface area contributed by atoms with Crippen LogP contribution in [0, 0.1) is 13.8 Å². The maximum atomic E-state index is 12.0. The van der Waals surface area contributed by atoms with Gasteiger partial charge in [-0.05, 0) is 37.5 Å². The molecule has 0 saturated carbocycles. The lowest BCUT2D eigenvalue weighted by Gasteiger charge is -2.19. The minimum atomic E-state index is -0.441. The topological polar surface area (TPSA) is 46.6 Å². The minimum Gasteiger partial charge on any atom is -0.380 e. The highest BCUT2D eigenvalue weighted by molar-refractivity contribution is 6.52. The van der Waals surface area contributed by atoms with Gasteiger partial charge in [0.15, 0.2) is 0 Å². The third-order valence-corrected chi connectivity index (χ3v) is 3.46. The molecular weight excluding hydrogens is 242 g/mol. The molecule has 1 aromatic carbocycles. The van der Waals surface area contributed by atoms with Crippen LogP contribution in [0.3, 0.4) is 0 Å². The van der Waals surface area contributed by atoms with Gasteiger partial charge in [0.25, 0.3) is 11.7 Å². The Balaban J connectivity index is 2.25. The second kappa shape index (κ2) is 5.53. The molecule has 0 N–H and O–H groups in total. The number of amides is 1. The lowest BCUT2D eigenvalue weighted by molar-refractivity contribution is -0.114. The molecule has 0 aliphatic carbocycles. The van der Waals surface area contributed by atoms with Gasteiger partial charge in [-0.1, -0.05) is 13.0 Å². The Bertz CT molecular complexity index is 522. The first-order valence-electron chi connectivity index (χ1n) is 6.62. The van der Waals surface area contributed by atoms with Crippen LogP contribution in [0.5, 0.6) is 0 Å². The van der Waals surface area contributed by atoms with Crippen molar-refractivity contribution < 1.29 is 14.3 Å². The predicted molar refractivity (Wildman–Crippen MR) is 73.7 cm³/mol. The van der Waals surface area contributed by atoms with Crippen molar-refractivity contribution in [3.8, 4) is 0 Å². The maximum Gasteiger partial charge on any atom is 0.299 e. The fourth-order valence-electron chi connectivity index (χ4n) is 2.29. The number of ether oxygens (including phenoxy) is 1. The molecule has 1 heterocycles. The SMILES string of the molecule is CCCOCCN1C(=O)C(=O)c2ccc(C)c(C)c21. The summed E-state index contributed by atoms with van der Waals surface area (Å²) in [5, 5.41) is 0. The molecule has 0 spiro atoms. The van der Waals surface area contributed by atoms with Crippen LogP contribution in [0.15, 0.2) is 12.1 Å². The van der Waals surface area contributed by atoms with Crippen LogP contribution in [-0.4, -0.2) is 31.4 Å². The molecule has 0 fully saturated rings. The maximum absolute atomic E-state index is 12.0. The van der Waals surface area contributed by atoms with Gasteiger partial charge in [0.05, 0.1) is 17.9 Å². The van der Waals surface area contributed by atoms with E-state index in [1.807, 2.05) is 26.8 Å². The van der Waals surface area contributed by atoms with Crippen molar-refractivity contribution >= 4 is 17.4 Å². The monoisotopic (exact) mass is 261 g/mol. The van der Waals surface area contributed by atoms with Crippen molar-refractivity contribution in [1.29, 1.82) is 0 Å². The average Bonchev–Trinajstić information content (AvgIpc) is 2.64. The summed E-state index contributed by atoms with van der Waals surface area (Å²) in [4.78, 5) is 25.5. The third-order valence-electron chi connectivity index (χ3n) is 3.46. The third kappa shape index (κ3) is 2.40. The number of rotatable bonds is 5. The molecule has 0 radical (unpaired) electrons. The van der Waals surface area contributed by atoms with E-state index in [0.717, 1.165) is 23.2 Å². The molecule has 2 rings (SSSR count). The molecule has 0 saturated heterocycles. The molecule has 1 aromatic rings. The van der Waals surface area contributed by atoms with Crippen molar-refractivity contribution in [2.24, 2.45) is 0 Å². The first-order valence-corrected chi connectivity index (χ1v) is 6.62. The van der Waals surface area contributed by atoms with Crippen LogP contribution in [0.1, 0.15) is 34.8 Å². The van der Waals surface area contributed by atoms with Crippen molar-refractivity contribution in [3.63, 3.8) is 0 Å². The molecule has 19 heavy (non-hydrogen) atoms. The van der Waals surface area contributed by atoms with Gasteiger partial charge in [-0.3, -0.25) is 9.59 Å². The molecule has 0 atom stereocenters. The number of anilines is 1. The Labute approximate surface area is 113 Å². The van der Waals surface area contributed by atoms with Crippen LogP contribution in [0.2, 0.25) is 0 Å². The lowest BCUT2D eigenvalue weighted by Crippen LogP contribution is -2.33. The fourth-order valence-corrected chi connectivity index (χ4v) is 2.29. The number of hydrogen-bond donors (Lipinski definition) is 0. The smallest absolute Gasteiger partial charge is 0.299 e. The largest absolute Gasteiger partial charge is 0.380 e. The Hall–Kier alpha value is -1.68. The molecular formula is C15H19NO3. The number of nitrogens with zero attached hydrogens (tertiary/aromatic N) is 1. The summed E-state index contributed by atoms with van der Waals surface area (Å²) in [7, 11) is 0. The van der Waals surface area contributed by atoms with Gasteiger partial charge in [-0.25, -0.2) is 0 Å². The quantitative estimate of drug-likeness (QED) is 0.603. The van der Waals surface area contributed by atoms with Gasteiger partial charge in [0, 0.05) is 13.2 Å². The number of hydrogen-bond acceptors (Lipinski definition) is 3. The first-order chi connectivity index (χ1) is 9.07. The zero-order valence-corrected chi connectivity index (χ0v) is 11.7. The number of aryl methyl sites for hydroxylation is 1. The zero-order valence-electron chi connectivity index (χ0n) is 11.7. The van der Waals surface area contributed by atoms with E-state index in [1.165, 1.54) is 0 Å². The Morgan fingerprint density at radius 3 is 2.58 bits per heavy atom. The summed E-state index contributed by atoms with van der Waals surface area (Å²) in [5.41, 5.74) is 3.35. The van der Waals surface area contributed by atoms with E-state index < -0.39 is 11.7 Å². The molecule has 1 aliphatic rings. The molecule has 0 bridgehead atoms. The Morgan fingerprint density at radius 2 is 1.89 bits per heavy atom. The number of ketones is 1. The number of Topliss-reactive ketones (excluding diaryl/α,β-unsaturated/α-hetero) is 1. The van der Waals surface area contributed by atoms with Crippen LogP contribution in [0.4, 0.5) is 5.69 Å². The molecule has 0 unspecified atom stereocenters. The van der Waals surface area contributed by atoms with E-state index in [4.69, 9.17) is 4.74 Å². The predicted octanol–water partition coefficient (Wildman–Crippen LogP) is 2.26. The summed E-state index contributed by atoms with van der Waals surface area (Å²) < 4.78 is 5.41. The van der Waals surface area contributed by atoms with E-state index in [9.17, 15) is 9.59 Å². The second-order valence-corrected chi connectivity index (χ2v) is 4.80. The molecule has 4 nitrogen and oxygen atoms in total. The van der Waals surface area contributed by atoms with Crippen molar-refractivity contribution in [3.05, 3.63) is 28.8 Å². The van der Waals surface area contributed by atoms with Crippen LogP contribution < -0.4 is 4.90 Å². The van der Waals surface area contributed by atoms with E-state index in [-0.39, 0.29) is 0 Å². The number of fused-ring (bicyclic) bond motifs is 1. The van der Waals surface area contributed by atoms with Gasteiger partial charge in [-0.15, -0.1) is 0 Å². The van der Waals surface area contributed by atoms with Crippen molar-refractivity contribution in [1.82, 2.24) is 0 Å². The Morgan fingerprint density at radius 1 is 1.16 bits per heavy atom. The van der Waals surface area contributed by atoms with Crippen molar-refractivity contribution in [2.45, 2.75) is 27.2 Å². The first kappa shape index (κ1) is 13.7. The summed E-state index contributed by atoms with van der Waals surface area (Å²) >= 11 is 0. The summed E-state index contributed by atoms with van der Waals surface area (Å²) in [6.45, 7) is 7.53. The van der Waals surface area contributed by atoms with Gasteiger partial charge >= 0.3 is 0 Å². The van der Waals surface area contributed by atoms with Crippen molar-refractivity contribution in [2.75, 3.05) is 24.7 Å². The molecule has 0 aromatic heterocycles. The van der Waals surface area contributed by atoms with Gasteiger partial charge in [0.2, 0.25) is 0 Å². The highest BCUT2D eigenvalue weighted by atomic mass is 16.5. The van der Waals surface area contributed by atoms with E-state index in [1.54, 1.807) is 11.0 Å².